The molecule has 5 heteroatoms. The zero-order valence-corrected chi connectivity index (χ0v) is 15.6. The Morgan fingerprint density at radius 2 is 1.96 bits per heavy atom. The summed E-state index contributed by atoms with van der Waals surface area (Å²) in [5.41, 5.74) is 2.18. The molecule has 0 bridgehead atoms. The zero-order valence-electron chi connectivity index (χ0n) is 15.6. The van der Waals surface area contributed by atoms with E-state index in [4.69, 9.17) is 9.47 Å². The van der Waals surface area contributed by atoms with Gasteiger partial charge in [-0.25, -0.2) is 0 Å². The van der Waals surface area contributed by atoms with Crippen molar-refractivity contribution in [3.63, 3.8) is 0 Å². The number of carbonyl (C=O) groups excluding carboxylic acids is 2. The van der Waals surface area contributed by atoms with Gasteiger partial charge in [0.15, 0.2) is 17.3 Å². The predicted molar refractivity (Wildman–Crippen MR) is 106 cm³/mol. The first kappa shape index (κ1) is 18.7. The van der Waals surface area contributed by atoms with Gasteiger partial charge in [-0.05, 0) is 55.8 Å². The molecule has 27 heavy (non-hydrogen) atoms. The largest absolute Gasteiger partial charge is 0.492 e. The van der Waals surface area contributed by atoms with E-state index >= 15 is 0 Å². The fourth-order valence-electron chi connectivity index (χ4n) is 3.14. The van der Waals surface area contributed by atoms with Crippen molar-refractivity contribution in [1.29, 1.82) is 0 Å². The number of nitrogens with zero attached hydrogens (tertiary/aromatic N) is 1. The van der Waals surface area contributed by atoms with Crippen LogP contribution in [-0.2, 0) is 4.79 Å². The summed E-state index contributed by atoms with van der Waals surface area (Å²) in [4.78, 5) is 26.1. The molecule has 0 aromatic heterocycles. The fourth-order valence-corrected chi connectivity index (χ4v) is 3.14. The number of allylic oxidation sites excluding steroid dienone is 1. The Balaban J connectivity index is 1.75. The molecular weight excluding hydrogens is 342 g/mol. The van der Waals surface area contributed by atoms with E-state index in [9.17, 15) is 9.59 Å². The van der Waals surface area contributed by atoms with Crippen LogP contribution in [0.15, 0.2) is 48.5 Å². The molecule has 1 heterocycles. The molecule has 1 aliphatic rings. The highest BCUT2D eigenvalue weighted by molar-refractivity contribution is 6.07. The maximum atomic E-state index is 12.5. The molecule has 2 aromatic rings. The predicted octanol–water partition coefficient (Wildman–Crippen LogP) is 4.12. The van der Waals surface area contributed by atoms with Crippen molar-refractivity contribution in [3.05, 3.63) is 59.7 Å². The van der Waals surface area contributed by atoms with Gasteiger partial charge in [0.25, 0.3) is 0 Å². The number of ether oxygens (including phenoxy) is 2. The van der Waals surface area contributed by atoms with Crippen molar-refractivity contribution in [2.24, 2.45) is 0 Å². The van der Waals surface area contributed by atoms with Crippen molar-refractivity contribution < 1.29 is 19.1 Å². The van der Waals surface area contributed by atoms with Crippen LogP contribution in [0.25, 0.3) is 6.08 Å². The van der Waals surface area contributed by atoms with Crippen molar-refractivity contribution in [3.8, 4) is 11.5 Å². The molecule has 2 aromatic carbocycles. The van der Waals surface area contributed by atoms with Crippen LogP contribution in [0.4, 0.5) is 5.69 Å². The SMILES string of the molecule is CCOc1cccc(/C=C/C(=O)c2ccc(N3CCCC3=O)cc2)c1OC. The maximum absolute atomic E-state index is 12.5. The van der Waals surface area contributed by atoms with E-state index in [1.165, 1.54) is 6.08 Å². The van der Waals surface area contributed by atoms with Crippen molar-refractivity contribution in [1.82, 2.24) is 0 Å². The molecule has 5 nitrogen and oxygen atoms in total. The standard InChI is InChI=1S/C22H23NO4/c1-3-27-20-7-4-6-17(22(20)26-2)11-14-19(24)16-9-12-18(13-10-16)23-15-5-8-21(23)25/h4,6-7,9-14H,3,5,8,15H2,1-2H3/b14-11+. The van der Waals surface area contributed by atoms with Crippen LogP contribution in [0, 0.1) is 0 Å². The normalized spacial score (nSPS) is 14.0. The van der Waals surface area contributed by atoms with E-state index in [2.05, 4.69) is 0 Å². The van der Waals surface area contributed by atoms with Gasteiger partial charge in [0.2, 0.25) is 5.91 Å². The van der Waals surface area contributed by atoms with Crippen LogP contribution in [0.5, 0.6) is 11.5 Å². The minimum Gasteiger partial charge on any atom is -0.492 e. The molecule has 1 amide bonds. The molecule has 140 valence electrons. The van der Waals surface area contributed by atoms with Gasteiger partial charge in [0.05, 0.1) is 13.7 Å². The number of rotatable bonds is 7. The maximum Gasteiger partial charge on any atom is 0.227 e. The van der Waals surface area contributed by atoms with E-state index in [1.54, 1.807) is 30.2 Å². The molecule has 1 fully saturated rings. The Kier molecular flexibility index (Phi) is 5.91. The highest BCUT2D eigenvalue weighted by atomic mass is 16.5. The lowest BCUT2D eigenvalue weighted by Gasteiger charge is -2.15. The van der Waals surface area contributed by atoms with Gasteiger partial charge in [-0.15, -0.1) is 0 Å². The number of ketones is 1. The minimum absolute atomic E-state index is 0.113. The molecule has 1 aliphatic heterocycles. The molecule has 0 aliphatic carbocycles. The second-order valence-electron chi connectivity index (χ2n) is 6.21. The second kappa shape index (κ2) is 8.54. The molecule has 3 rings (SSSR count). The monoisotopic (exact) mass is 365 g/mol. The summed E-state index contributed by atoms with van der Waals surface area (Å²) in [6, 6.07) is 12.7. The summed E-state index contributed by atoms with van der Waals surface area (Å²) >= 11 is 0. The number of benzene rings is 2. The molecule has 0 radical (unpaired) electrons. The van der Waals surface area contributed by atoms with E-state index in [1.807, 2.05) is 37.3 Å². The highest BCUT2D eigenvalue weighted by Crippen LogP contribution is 2.32. The van der Waals surface area contributed by atoms with Gasteiger partial charge in [-0.3, -0.25) is 9.59 Å². The molecular formula is C22H23NO4. The minimum atomic E-state index is -0.113. The lowest BCUT2D eigenvalue weighted by atomic mass is 10.1. The Labute approximate surface area is 159 Å². The number of para-hydroxylation sites is 1. The van der Waals surface area contributed by atoms with Crippen molar-refractivity contribution in [2.75, 3.05) is 25.2 Å². The van der Waals surface area contributed by atoms with Crippen LogP contribution in [0.2, 0.25) is 0 Å². The van der Waals surface area contributed by atoms with Crippen molar-refractivity contribution >= 4 is 23.5 Å². The topological polar surface area (TPSA) is 55.8 Å². The molecule has 1 saturated heterocycles. The number of methoxy groups -OCH3 is 1. The third kappa shape index (κ3) is 4.19. The van der Waals surface area contributed by atoms with Gasteiger partial charge >= 0.3 is 0 Å². The van der Waals surface area contributed by atoms with E-state index in [-0.39, 0.29) is 11.7 Å². The summed E-state index contributed by atoms with van der Waals surface area (Å²) in [6.45, 7) is 3.18. The van der Waals surface area contributed by atoms with Gasteiger partial charge in [-0.1, -0.05) is 12.1 Å². The Morgan fingerprint density at radius 3 is 2.59 bits per heavy atom. The first-order valence-electron chi connectivity index (χ1n) is 9.06. The number of carbonyl (C=O) groups is 2. The summed E-state index contributed by atoms with van der Waals surface area (Å²) in [7, 11) is 1.58. The molecule has 0 saturated carbocycles. The van der Waals surface area contributed by atoms with E-state index < -0.39 is 0 Å². The van der Waals surface area contributed by atoms with Crippen LogP contribution >= 0.6 is 0 Å². The quantitative estimate of drug-likeness (QED) is 0.547. The second-order valence-corrected chi connectivity index (χ2v) is 6.21. The van der Waals surface area contributed by atoms with Crippen molar-refractivity contribution in [2.45, 2.75) is 19.8 Å². The molecule has 0 unspecified atom stereocenters. The zero-order chi connectivity index (χ0) is 19.2. The summed E-state index contributed by atoms with van der Waals surface area (Å²) in [6.07, 6.45) is 4.71. The van der Waals surface area contributed by atoms with Gasteiger partial charge in [-0.2, -0.15) is 0 Å². The smallest absolute Gasteiger partial charge is 0.227 e. The molecule has 0 spiro atoms. The average molecular weight is 365 g/mol. The van der Waals surface area contributed by atoms with Crippen LogP contribution in [0.3, 0.4) is 0 Å². The highest BCUT2D eigenvalue weighted by Gasteiger charge is 2.21. The van der Waals surface area contributed by atoms with Gasteiger partial charge in [0, 0.05) is 29.8 Å². The Bertz CT molecular complexity index is 855. The van der Waals surface area contributed by atoms with Gasteiger partial charge < -0.3 is 14.4 Å². The summed E-state index contributed by atoms with van der Waals surface area (Å²) in [5, 5.41) is 0. The number of hydrogen-bond donors (Lipinski definition) is 0. The first-order chi connectivity index (χ1) is 13.1. The summed E-state index contributed by atoms with van der Waals surface area (Å²) < 4.78 is 11.0. The average Bonchev–Trinajstić information content (AvgIpc) is 3.12. The summed E-state index contributed by atoms with van der Waals surface area (Å²) in [5.74, 6) is 1.27. The van der Waals surface area contributed by atoms with Gasteiger partial charge in [0.1, 0.15) is 0 Å². The Hall–Kier alpha value is -3.08. The fraction of sp³-hybridized carbons (Fsp3) is 0.273. The molecule has 0 N–H and O–H groups in total. The number of hydrogen-bond acceptors (Lipinski definition) is 4. The molecule has 0 atom stereocenters. The Morgan fingerprint density at radius 1 is 1.19 bits per heavy atom. The van der Waals surface area contributed by atoms with Crippen LogP contribution in [0.1, 0.15) is 35.7 Å². The lowest BCUT2D eigenvalue weighted by molar-refractivity contribution is -0.117. The number of amides is 1. The third-order valence-corrected chi connectivity index (χ3v) is 4.46. The van der Waals surface area contributed by atoms with Crippen LogP contribution in [-0.4, -0.2) is 32.0 Å². The van der Waals surface area contributed by atoms with E-state index in [0.29, 0.717) is 30.1 Å². The van der Waals surface area contributed by atoms with E-state index in [0.717, 1.165) is 24.2 Å². The first-order valence-corrected chi connectivity index (χ1v) is 9.06. The lowest BCUT2D eigenvalue weighted by Crippen LogP contribution is -2.23. The van der Waals surface area contributed by atoms with Crippen LogP contribution < -0.4 is 14.4 Å². The third-order valence-electron chi connectivity index (χ3n) is 4.46. The number of anilines is 1.